The van der Waals surface area contributed by atoms with Crippen LogP contribution in [0, 0.1) is 0 Å². The van der Waals surface area contributed by atoms with E-state index >= 15 is 0 Å². The van der Waals surface area contributed by atoms with E-state index in [1.54, 1.807) is 6.20 Å². The summed E-state index contributed by atoms with van der Waals surface area (Å²) in [7, 11) is 0. The number of aromatic nitrogens is 2. The molecule has 1 atom stereocenters. The molecule has 1 aromatic rings. The lowest BCUT2D eigenvalue weighted by atomic mass is 9.89. The van der Waals surface area contributed by atoms with Gasteiger partial charge in [-0.25, -0.2) is 4.68 Å². The first-order valence-corrected chi connectivity index (χ1v) is 6.22. The van der Waals surface area contributed by atoms with Crippen LogP contribution in [0.5, 0.6) is 0 Å². The molecular formula is C13H17N3O3. The van der Waals surface area contributed by atoms with Crippen LogP contribution in [0.3, 0.4) is 0 Å². The third-order valence-electron chi connectivity index (χ3n) is 3.20. The van der Waals surface area contributed by atoms with E-state index in [0.717, 1.165) is 10.2 Å². The quantitative estimate of drug-likeness (QED) is 0.749. The Morgan fingerprint density at radius 1 is 1.32 bits per heavy atom. The molecule has 19 heavy (non-hydrogen) atoms. The van der Waals surface area contributed by atoms with E-state index in [1.165, 1.54) is 6.07 Å². The van der Waals surface area contributed by atoms with E-state index in [9.17, 15) is 14.4 Å². The first kappa shape index (κ1) is 13.5. The molecule has 0 spiro atoms. The summed E-state index contributed by atoms with van der Waals surface area (Å²) in [6.07, 6.45) is 2.14. The molecule has 2 heterocycles. The Morgan fingerprint density at radius 3 is 2.53 bits per heavy atom. The Kier molecular flexibility index (Phi) is 3.26. The van der Waals surface area contributed by atoms with Gasteiger partial charge in [0.1, 0.15) is 6.04 Å². The molecule has 1 aliphatic heterocycles. The molecule has 1 fully saturated rings. The van der Waals surface area contributed by atoms with Crippen molar-refractivity contribution in [3.8, 4) is 0 Å². The van der Waals surface area contributed by atoms with Gasteiger partial charge in [0.05, 0.1) is 6.20 Å². The van der Waals surface area contributed by atoms with E-state index in [-0.39, 0.29) is 23.3 Å². The van der Waals surface area contributed by atoms with Crippen LogP contribution < -0.4 is 10.9 Å². The predicted octanol–water partition coefficient (Wildman–Crippen LogP) is 0.518. The van der Waals surface area contributed by atoms with Crippen molar-refractivity contribution in [2.24, 2.45) is 0 Å². The standard InChI is InChI=1S/C13H17N3O3/c1-13(2,3)8-6-11(18)16(14-7-8)9-4-5-10(17)15-12(9)19/h6-7,9H,4-5H2,1-3H3,(H,15,17,19). The third kappa shape index (κ3) is 2.72. The van der Waals surface area contributed by atoms with Crippen LogP contribution in [0.4, 0.5) is 0 Å². The number of nitrogens with one attached hydrogen (secondary N) is 1. The molecule has 0 aliphatic carbocycles. The maximum absolute atomic E-state index is 12.0. The van der Waals surface area contributed by atoms with Gasteiger partial charge in [-0.05, 0) is 17.4 Å². The van der Waals surface area contributed by atoms with E-state index in [4.69, 9.17) is 0 Å². The van der Waals surface area contributed by atoms with Crippen molar-refractivity contribution < 1.29 is 9.59 Å². The summed E-state index contributed by atoms with van der Waals surface area (Å²) < 4.78 is 1.15. The highest BCUT2D eigenvalue weighted by atomic mass is 16.2. The largest absolute Gasteiger partial charge is 0.295 e. The fraction of sp³-hybridized carbons (Fsp3) is 0.538. The third-order valence-corrected chi connectivity index (χ3v) is 3.20. The summed E-state index contributed by atoms with van der Waals surface area (Å²) in [6, 6.07) is 0.802. The predicted molar refractivity (Wildman–Crippen MR) is 68.6 cm³/mol. The highest BCUT2D eigenvalue weighted by Gasteiger charge is 2.29. The Bertz CT molecular complexity index is 584. The Balaban J connectivity index is 2.34. The lowest BCUT2D eigenvalue weighted by Gasteiger charge is -2.23. The van der Waals surface area contributed by atoms with Gasteiger partial charge in [-0.2, -0.15) is 5.10 Å². The van der Waals surface area contributed by atoms with Crippen molar-refractivity contribution in [2.45, 2.75) is 45.1 Å². The zero-order chi connectivity index (χ0) is 14.2. The van der Waals surface area contributed by atoms with Crippen LogP contribution in [0.15, 0.2) is 17.1 Å². The van der Waals surface area contributed by atoms with Crippen molar-refractivity contribution in [3.63, 3.8) is 0 Å². The van der Waals surface area contributed by atoms with Crippen LogP contribution >= 0.6 is 0 Å². The minimum atomic E-state index is -0.695. The molecule has 0 saturated carbocycles. The van der Waals surface area contributed by atoms with Crippen molar-refractivity contribution in [1.29, 1.82) is 0 Å². The van der Waals surface area contributed by atoms with E-state index in [2.05, 4.69) is 10.4 Å². The van der Waals surface area contributed by atoms with Crippen molar-refractivity contribution in [3.05, 3.63) is 28.2 Å². The molecule has 6 heteroatoms. The smallest absolute Gasteiger partial charge is 0.267 e. The molecular weight excluding hydrogens is 246 g/mol. The van der Waals surface area contributed by atoms with Gasteiger partial charge >= 0.3 is 0 Å². The van der Waals surface area contributed by atoms with Gasteiger partial charge in [-0.3, -0.25) is 19.7 Å². The lowest BCUT2D eigenvalue weighted by molar-refractivity contribution is -0.136. The highest BCUT2D eigenvalue weighted by Crippen LogP contribution is 2.20. The molecule has 2 amide bonds. The zero-order valence-corrected chi connectivity index (χ0v) is 11.3. The molecule has 1 aromatic heterocycles. The number of hydrogen-bond acceptors (Lipinski definition) is 4. The minimum absolute atomic E-state index is 0.171. The first-order chi connectivity index (χ1) is 8.79. The average Bonchev–Trinajstić information content (AvgIpc) is 2.28. The molecule has 1 saturated heterocycles. The number of carbonyl (C=O) groups is 2. The van der Waals surface area contributed by atoms with Crippen molar-refractivity contribution >= 4 is 11.8 Å². The van der Waals surface area contributed by atoms with Crippen LogP contribution in [-0.4, -0.2) is 21.6 Å². The molecule has 1 N–H and O–H groups in total. The van der Waals surface area contributed by atoms with Crippen molar-refractivity contribution in [1.82, 2.24) is 15.1 Å². The molecule has 1 unspecified atom stereocenters. The number of carbonyl (C=O) groups excluding carboxylic acids is 2. The van der Waals surface area contributed by atoms with Gasteiger partial charge in [0.2, 0.25) is 5.91 Å². The maximum atomic E-state index is 12.0. The van der Waals surface area contributed by atoms with Crippen molar-refractivity contribution in [2.75, 3.05) is 0 Å². The van der Waals surface area contributed by atoms with Crippen LogP contribution in [0.25, 0.3) is 0 Å². The lowest BCUT2D eigenvalue weighted by Crippen LogP contribution is -2.45. The maximum Gasteiger partial charge on any atom is 0.267 e. The number of imide groups is 1. The highest BCUT2D eigenvalue weighted by molar-refractivity contribution is 5.99. The Morgan fingerprint density at radius 2 is 2.00 bits per heavy atom. The summed E-state index contributed by atoms with van der Waals surface area (Å²) in [4.78, 5) is 34.8. The number of amides is 2. The summed E-state index contributed by atoms with van der Waals surface area (Å²) in [5.74, 6) is -0.769. The van der Waals surface area contributed by atoms with Gasteiger partial charge in [-0.1, -0.05) is 20.8 Å². The number of hydrogen-bond donors (Lipinski definition) is 1. The van der Waals surface area contributed by atoms with E-state index < -0.39 is 11.9 Å². The molecule has 102 valence electrons. The number of rotatable bonds is 1. The second-order valence-corrected chi connectivity index (χ2v) is 5.74. The van der Waals surface area contributed by atoms with Gasteiger partial charge < -0.3 is 0 Å². The van der Waals surface area contributed by atoms with Gasteiger partial charge in [-0.15, -0.1) is 0 Å². The Hall–Kier alpha value is -1.98. The normalized spacial score (nSPS) is 20.3. The van der Waals surface area contributed by atoms with Gasteiger partial charge in [0, 0.05) is 12.5 Å². The number of nitrogens with zero attached hydrogens (tertiary/aromatic N) is 2. The minimum Gasteiger partial charge on any atom is -0.295 e. The monoisotopic (exact) mass is 263 g/mol. The fourth-order valence-electron chi connectivity index (χ4n) is 1.98. The zero-order valence-electron chi connectivity index (χ0n) is 11.3. The molecule has 6 nitrogen and oxygen atoms in total. The first-order valence-electron chi connectivity index (χ1n) is 6.22. The average molecular weight is 263 g/mol. The summed E-state index contributed by atoms with van der Waals surface area (Å²) in [5, 5.41) is 6.30. The second-order valence-electron chi connectivity index (χ2n) is 5.74. The second kappa shape index (κ2) is 4.60. The summed E-state index contributed by atoms with van der Waals surface area (Å²) >= 11 is 0. The topological polar surface area (TPSA) is 81.1 Å². The Labute approximate surface area is 110 Å². The van der Waals surface area contributed by atoms with Crippen LogP contribution in [0.1, 0.15) is 45.2 Å². The van der Waals surface area contributed by atoms with Gasteiger partial charge in [0.25, 0.3) is 11.5 Å². The molecule has 1 aliphatic rings. The van der Waals surface area contributed by atoms with E-state index in [1.807, 2.05) is 20.8 Å². The molecule has 0 bridgehead atoms. The molecule has 0 aromatic carbocycles. The summed E-state index contributed by atoms with van der Waals surface area (Å²) in [5.41, 5.74) is 0.332. The molecule has 0 radical (unpaired) electrons. The fourth-order valence-corrected chi connectivity index (χ4v) is 1.98. The van der Waals surface area contributed by atoms with Crippen LogP contribution in [0.2, 0.25) is 0 Å². The molecule has 2 rings (SSSR count). The van der Waals surface area contributed by atoms with Crippen LogP contribution in [-0.2, 0) is 15.0 Å². The number of piperidine rings is 1. The van der Waals surface area contributed by atoms with E-state index in [0.29, 0.717) is 6.42 Å². The SMILES string of the molecule is CC(C)(C)c1cnn(C2CCC(=O)NC2=O)c(=O)c1. The van der Waals surface area contributed by atoms with Gasteiger partial charge in [0.15, 0.2) is 0 Å². The summed E-state index contributed by atoms with van der Waals surface area (Å²) in [6.45, 7) is 5.96.